The summed E-state index contributed by atoms with van der Waals surface area (Å²) in [5, 5.41) is 4.75. The molecule has 0 fully saturated rings. The van der Waals surface area contributed by atoms with Crippen LogP contribution in [0.1, 0.15) is 28.1 Å². The van der Waals surface area contributed by atoms with Crippen LogP contribution in [0.25, 0.3) is 22.6 Å². The van der Waals surface area contributed by atoms with Gasteiger partial charge in [0.2, 0.25) is 0 Å². The first-order valence-corrected chi connectivity index (χ1v) is 11.2. The molecular formula is C28H26N4O2. The van der Waals surface area contributed by atoms with E-state index >= 15 is 0 Å². The fourth-order valence-electron chi connectivity index (χ4n) is 4.16. The summed E-state index contributed by atoms with van der Waals surface area (Å²) in [4.78, 5) is 18.3. The Kier molecular flexibility index (Phi) is 5.49. The van der Waals surface area contributed by atoms with Crippen LogP contribution in [0, 0.1) is 27.7 Å². The molecule has 0 saturated carbocycles. The van der Waals surface area contributed by atoms with Crippen molar-refractivity contribution in [2.45, 2.75) is 34.3 Å². The normalized spacial score (nSPS) is 11.2. The molecule has 0 unspecified atom stereocenters. The molecule has 6 heteroatoms. The van der Waals surface area contributed by atoms with E-state index in [4.69, 9.17) is 14.8 Å². The lowest BCUT2D eigenvalue weighted by atomic mass is 10.1. The average Bonchev–Trinajstić information content (AvgIpc) is 3.19. The Labute approximate surface area is 198 Å². The minimum Gasteiger partial charge on any atom is -0.485 e. The molecule has 170 valence electrons. The molecule has 0 spiro atoms. The average molecular weight is 451 g/mol. The molecule has 0 aliphatic carbocycles. The van der Waals surface area contributed by atoms with Crippen LogP contribution < -0.4 is 10.3 Å². The quantitative estimate of drug-likeness (QED) is 0.362. The molecule has 6 nitrogen and oxygen atoms in total. The van der Waals surface area contributed by atoms with Crippen molar-refractivity contribution in [3.05, 3.63) is 111 Å². The van der Waals surface area contributed by atoms with Gasteiger partial charge < -0.3 is 4.74 Å². The Morgan fingerprint density at radius 2 is 1.68 bits per heavy atom. The van der Waals surface area contributed by atoms with E-state index in [9.17, 15) is 4.79 Å². The monoisotopic (exact) mass is 450 g/mol. The van der Waals surface area contributed by atoms with Crippen LogP contribution in [0.15, 0.2) is 77.7 Å². The molecule has 0 aliphatic heterocycles. The van der Waals surface area contributed by atoms with Crippen molar-refractivity contribution in [3.63, 3.8) is 0 Å². The van der Waals surface area contributed by atoms with Crippen molar-refractivity contribution < 1.29 is 4.74 Å². The summed E-state index contributed by atoms with van der Waals surface area (Å²) in [6, 6.07) is 21.9. The third-order valence-electron chi connectivity index (χ3n) is 5.90. The number of nitrogens with zero attached hydrogens (tertiary/aromatic N) is 4. The number of aryl methyl sites for hydroxylation is 4. The SMILES string of the molecule is Cc1ccc(-n2nc(-c3c(C)nc4c(OCc5cccc(C)c5)cccn4c3=O)cc2C)cc1. The van der Waals surface area contributed by atoms with Gasteiger partial charge in [-0.2, -0.15) is 5.10 Å². The van der Waals surface area contributed by atoms with Gasteiger partial charge >= 0.3 is 0 Å². The maximum absolute atomic E-state index is 13.5. The number of aromatic nitrogens is 4. The Bertz CT molecular complexity index is 1560. The Morgan fingerprint density at radius 1 is 0.882 bits per heavy atom. The lowest BCUT2D eigenvalue weighted by molar-refractivity contribution is 0.307. The van der Waals surface area contributed by atoms with Crippen LogP contribution >= 0.6 is 0 Å². The summed E-state index contributed by atoms with van der Waals surface area (Å²) >= 11 is 0. The van der Waals surface area contributed by atoms with Gasteiger partial charge in [-0.25, -0.2) is 9.67 Å². The van der Waals surface area contributed by atoms with Gasteiger partial charge in [-0.3, -0.25) is 9.20 Å². The predicted molar refractivity (Wildman–Crippen MR) is 134 cm³/mol. The minimum absolute atomic E-state index is 0.169. The maximum atomic E-state index is 13.5. The zero-order chi connectivity index (χ0) is 23.8. The molecule has 3 heterocycles. The highest BCUT2D eigenvalue weighted by Crippen LogP contribution is 2.24. The largest absolute Gasteiger partial charge is 0.485 e. The minimum atomic E-state index is -0.169. The number of hydrogen-bond donors (Lipinski definition) is 0. The predicted octanol–water partition coefficient (Wildman–Crippen LogP) is 5.36. The van der Waals surface area contributed by atoms with Gasteiger partial charge in [-0.1, -0.05) is 47.5 Å². The molecule has 0 radical (unpaired) electrons. The van der Waals surface area contributed by atoms with Crippen molar-refractivity contribution in [3.8, 4) is 22.7 Å². The summed E-state index contributed by atoms with van der Waals surface area (Å²) in [5.41, 5.74) is 7.35. The van der Waals surface area contributed by atoms with Gasteiger partial charge in [-0.05, 0) is 63.6 Å². The van der Waals surface area contributed by atoms with Gasteiger partial charge in [0, 0.05) is 11.9 Å². The summed E-state index contributed by atoms with van der Waals surface area (Å²) in [5.74, 6) is 0.567. The highest BCUT2D eigenvalue weighted by molar-refractivity contribution is 5.65. The van der Waals surface area contributed by atoms with E-state index in [0.717, 1.165) is 16.9 Å². The molecule has 34 heavy (non-hydrogen) atoms. The first-order chi connectivity index (χ1) is 16.4. The number of hydrogen-bond acceptors (Lipinski definition) is 4. The number of ether oxygens (including phenoxy) is 1. The van der Waals surface area contributed by atoms with Crippen molar-refractivity contribution in [1.82, 2.24) is 19.2 Å². The van der Waals surface area contributed by atoms with E-state index in [0.29, 0.717) is 35.0 Å². The van der Waals surface area contributed by atoms with E-state index < -0.39 is 0 Å². The summed E-state index contributed by atoms with van der Waals surface area (Å²) in [6.45, 7) is 8.33. The molecule has 0 amide bonds. The third kappa shape index (κ3) is 3.99. The fourth-order valence-corrected chi connectivity index (χ4v) is 4.16. The second-order valence-corrected chi connectivity index (χ2v) is 8.64. The lowest BCUT2D eigenvalue weighted by Gasteiger charge is -2.12. The van der Waals surface area contributed by atoms with Gasteiger partial charge in [0.15, 0.2) is 11.4 Å². The smallest absolute Gasteiger partial charge is 0.267 e. The molecule has 0 N–H and O–H groups in total. The van der Waals surface area contributed by atoms with Crippen molar-refractivity contribution in [2.75, 3.05) is 0 Å². The van der Waals surface area contributed by atoms with Gasteiger partial charge in [0.1, 0.15) is 12.3 Å². The highest BCUT2D eigenvalue weighted by atomic mass is 16.5. The van der Waals surface area contributed by atoms with Crippen LogP contribution in [0.5, 0.6) is 5.75 Å². The summed E-state index contributed by atoms with van der Waals surface area (Å²) in [7, 11) is 0. The van der Waals surface area contributed by atoms with E-state index in [1.165, 1.54) is 15.5 Å². The molecular weight excluding hydrogens is 424 g/mol. The second kappa shape index (κ2) is 8.63. The van der Waals surface area contributed by atoms with E-state index in [-0.39, 0.29) is 5.56 Å². The van der Waals surface area contributed by atoms with Crippen LogP contribution in [-0.4, -0.2) is 19.2 Å². The van der Waals surface area contributed by atoms with Gasteiger partial charge in [0.25, 0.3) is 5.56 Å². The number of rotatable bonds is 5. The zero-order valence-electron chi connectivity index (χ0n) is 19.7. The zero-order valence-corrected chi connectivity index (χ0v) is 19.7. The Balaban J connectivity index is 1.55. The van der Waals surface area contributed by atoms with Gasteiger partial charge in [-0.15, -0.1) is 0 Å². The molecule has 2 aromatic carbocycles. The number of benzene rings is 2. The number of pyridine rings is 1. The second-order valence-electron chi connectivity index (χ2n) is 8.64. The molecule has 0 atom stereocenters. The highest BCUT2D eigenvalue weighted by Gasteiger charge is 2.18. The molecule has 5 aromatic rings. The molecule has 3 aromatic heterocycles. The fraction of sp³-hybridized carbons (Fsp3) is 0.179. The third-order valence-corrected chi connectivity index (χ3v) is 5.90. The van der Waals surface area contributed by atoms with Crippen molar-refractivity contribution in [2.24, 2.45) is 0 Å². The standard InChI is InChI=1S/C28H26N4O2/c1-18-10-12-23(13-11-18)32-20(3)16-24(30-32)26-21(4)29-27-25(9-6-14-31(27)28(26)33)34-17-22-8-5-7-19(2)15-22/h5-16H,17H2,1-4H3. The van der Waals surface area contributed by atoms with Gasteiger partial charge in [0.05, 0.1) is 16.9 Å². The van der Waals surface area contributed by atoms with Crippen molar-refractivity contribution in [1.29, 1.82) is 0 Å². The Morgan fingerprint density at radius 3 is 2.44 bits per heavy atom. The summed E-state index contributed by atoms with van der Waals surface area (Å²) < 4.78 is 9.45. The van der Waals surface area contributed by atoms with Crippen LogP contribution in [-0.2, 0) is 6.61 Å². The Hall–Kier alpha value is -4.19. The number of fused-ring (bicyclic) bond motifs is 1. The maximum Gasteiger partial charge on any atom is 0.267 e. The lowest BCUT2D eigenvalue weighted by Crippen LogP contribution is -2.19. The van der Waals surface area contributed by atoms with Crippen molar-refractivity contribution >= 4 is 5.65 Å². The molecule has 5 rings (SSSR count). The van der Waals surface area contributed by atoms with Crippen LogP contribution in [0.2, 0.25) is 0 Å². The topological polar surface area (TPSA) is 61.4 Å². The van der Waals surface area contributed by atoms with E-state index in [2.05, 4.69) is 26.0 Å². The molecule has 0 bridgehead atoms. The summed E-state index contributed by atoms with van der Waals surface area (Å²) in [6.07, 6.45) is 1.72. The molecule has 0 saturated heterocycles. The van der Waals surface area contributed by atoms with Crippen LogP contribution in [0.3, 0.4) is 0 Å². The first kappa shape index (κ1) is 21.6. The van der Waals surface area contributed by atoms with E-state index in [1.807, 2.05) is 67.1 Å². The first-order valence-electron chi connectivity index (χ1n) is 11.2. The van der Waals surface area contributed by atoms with E-state index in [1.54, 1.807) is 12.3 Å². The molecule has 0 aliphatic rings. The van der Waals surface area contributed by atoms with Crippen LogP contribution in [0.4, 0.5) is 0 Å².